The quantitative estimate of drug-likeness (QED) is 0.620. The van der Waals surface area contributed by atoms with Gasteiger partial charge in [-0.2, -0.15) is 0 Å². The molecule has 15 heavy (non-hydrogen) atoms. The molecular formula is C11H18N4. The molecule has 0 bridgehead atoms. The summed E-state index contributed by atoms with van der Waals surface area (Å²) < 4.78 is 0. The summed E-state index contributed by atoms with van der Waals surface area (Å²) in [5.41, 5.74) is 14.0. The second kappa shape index (κ2) is 4.16. The van der Waals surface area contributed by atoms with Crippen molar-refractivity contribution in [2.45, 2.75) is 25.3 Å². The second-order valence-electron chi connectivity index (χ2n) is 4.23. The van der Waals surface area contributed by atoms with Gasteiger partial charge < -0.3 is 16.8 Å². The van der Waals surface area contributed by atoms with Crippen LogP contribution >= 0.6 is 0 Å². The molecule has 2 heterocycles. The van der Waals surface area contributed by atoms with Gasteiger partial charge in [0.1, 0.15) is 5.82 Å². The van der Waals surface area contributed by atoms with Crippen LogP contribution < -0.4 is 16.8 Å². The summed E-state index contributed by atoms with van der Waals surface area (Å²) in [6, 6.07) is 4.22. The SMILES string of the molecule is Cc1cc(C2CCNCC2N)cc(N)n1. The van der Waals surface area contributed by atoms with E-state index in [4.69, 9.17) is 11.5 Å². The Hall–Kier alpha value is -1.13. The summed E-state index contributed by atoms with van der Waals surface area (Å²) in [6.07, 6.45) is 1.07. The number of nitrogen functional groups attached to an aromatic ring is 1. The van der Waals surface area contributed by atoms with Gasteiger partial charge in [0.05, 0.1) is 0 Å². The fourth-order valence-corrected chi connectivity index (χ4v) is 2.23. The molecule has 1 aromatic heterocycles. The maximum absolute atomic E-state index is 6.09. The molecule has 2 unspecified atom stereocenters. The maximum Gasteiger partial charge on any atom is 0.123 e. The van der Waals surface area contributed by atoms with Crippen LogP contribution in [0.1, 0.15) is 23.6 Å². The minimum Gasteiger partial charge on any atom is -0.384 e. The molecule has 4 nitrogen and oxygen atoms in total. The smallest absolute Gasteiger partial charge is 0.123 e. The first-order chi connectivity index (χ1) is 7.16. The van der Waals surface area contributed by atoms with Gasteiger partial charge in [-0.15, -0.1) is 0 Å². The average molecular weight is 206 g/mol. The molecule has 5 N–H and O–H groups in total. The average Bonchev–Trinajstić information content (AvgIpc) is 2.16. The molecule has 0 radical (unpaired) electrons. The van der Waals surface area contributed by atoms with E-state index < -0.39 is 0 Å². The number of anilines is 1. The lowest BCUT2D eigenvalue weighted by Crippen LogP contribution is -2.44. The van der Waals surface area contributed by atoms with E-state index in [0.29, 0.717) is 11.7 Å². The molecule has 82 valence electrons. The van der Waals surface area contributed by atoms with Gasteiger partial charge in [0.2, 0.25) is 0 Å². The molecule has 0 aliphatic carbocycles. The zero-order chi connectivity index (χ0) is 10.8. The van der Waals surface area contributed by atoms with Crippen LogP contribution in [0.25, 0.3) is 0 Å². The van der Waals surface area contributed by atoms with Crippen molar-refractivity contribution in [1.82, 2.24) is 10.3 Å². The predicted octanol–water partition coefficient (Wildman–Crippen LogP) is 0.376. The molecule has 4 heteroatoms. The maximum atomic E-state index is 6.09. The number of aryl methyl sites for hydroxylation is 1. The van der Waals surface area contributed by atoms with Gasteiger partial charge in [-0.3, -0.25) is 0 Å². The van der Waals surface area contributed by atoms with Crippen LogP contribution in [0.2, 0.25) is 0 Å². The Morgan fingerprint density at radius 2 is 2.27 bits per heavy atom. The van der Waals surface area contributed by atoms with Gasteiger partial charge in [-0.05, 0) is 37.6 Å². The number of piperidine rings is 1. The van der Waals surface area contributed by atoms with Gasteiger partial charge in [0, 0.05) is 24.2 Å². The fourth-order valence-electron chi connectivity index (χ4n) is 2.23. The highest BCUT2D eigenvalue weighted by atomic mass is 14.9. The van der Waals surface area contributed by atoms with Gasteiger partial charge in [-0.25, -0.2) is 4.98 Å². The molecule has 1 aromatic rings. The molecule has 1 aliphatic rings. The van der Waals surface area contributed by atoms with Crippen LogP contribution in [0.3, 0.4) is 0 Å². The summed E-state index contributed by atoms with van der Waals surface area (Å²) in [4.78, 5) is 4.18. The summed E-state index contributed by atoms with van der Waals surface area (Å²) in [5.74, 6) is 1.01. The number of aromatic nitrogens is 1. The van der Waals surface area contributed by atoms with Crippen LogP contribution in [-0.2, 0) is 0 Å². The standard InChI is InChI=1S/C11H18N4/c1-7-4-8(5-11(13)15-7)9-2-3-14-6-10(9)12/h4-5,9-10,14H,2-3,6,12H2,1H3,(H2,13,15). The summed E-state index contributed by atoms with van der Waals surface area (Å²) in [6.45, 7) is 3.87. The van der Waals surface area contributed by atoms with E-state index in [2.05, 4.69) is 16.4 Å². The van der Waals surface area contributed by atoms with Crippen LogP contribution in [0.4, 0.5) is 5.82 Å². The monoisotopic (exact) mass is 206 g/mol. The van der Waals surface area contributed by atoms with Crippen molar-refractivity contribution >= 4 is 5.82 Å². The van der Waals surface area contributed by atoms with E-state index >= 15 is 0 Å². The fraction of sp³-hybridized carbons (Fsp3) is 0.545. The highest BCUT2D eigenvalue weighted by Gasteiger charge is 2.23. The molecule has 0 amide bonds. The van der Waals surface area contributed by atoms with E-state index in [1.165, 1.54) is 5.56 Å². The topological polar surface area (TPSA) is 77.0 Å². The van der Waals surface area contributed by atoms with Crippen molar-refractivity contribution in [2.75, 3.05) is 18.8 Å². The minimum atomic E-state index is 0.181. The third-order valence-electron chi connectivity index (χ3n) is 2.95. The highest BCUT2D eigenvalue weighted by molar-refractivity contribution is 5.37. The van der Waals surface area contributed by atoms with E-state index in [1.54, 1.807) is 0 Å². The van der Waals surface area contributed by atoms with Crippen molar-refractivity contribution in [1.29, 1.82) is 0 Å². The number of rotatable bonds is 1. The number of nitrogens with two attached hydrogens (primary N) is 2. The summed E-state index contributed by atoms with van der Waals surface area (Å²) >= 11 is 0. The minimum absolute atomic E-state index is 0.181. The third kappa shape index (κ3) is 2.27. The molecule has 2 atom stereocenters. The molecule has 1 fully saturated rings. The van der Waals surface area contributed by atoms with Crippen molar-refractivity contribution in [3.8, 4) is 0 Å². The van der Waals surface area contributed by atoms with Crippen LogP contribution in [0, 0.1) is 6.92 Å². The molecule has 0 saturated carbocycles. The van der Waals surface area contributed by atoms with Gasteiger partial charge >= 0.3 is 0 Å². The number of hydrogen-bond acceptors (Lipinski definition) is 4. The largest absolute Gasteiger partial charge is 0.384 e. The highest BCUT2D eigenvalue weighted by Crippen LogP contribution is 2.25. The van der Waals surface area contributed by atoms with E-state index in [0.717, 1.165) is 25.2 Å². The molecule has 0 aromatic carbocycles. The molecule has 1 aliphatic heterocycles. The van der Waals surface area contributed by atoms with Crippen LogP contribution in [0.5, 0.6) is 0 Å². The number of pyridine rings is 1. The first-order valence-corrected chi connectivity index (χ1v) is 5.37. The Balaban J connectivity index is 2.27. The molecule has 1 saturated heterocycles. The Kier molecular flexibility index (Phi) is 2.88. The first-order valence-electron chi connectivity index (χ1n) is 5.37. The Labute approximate surface area is 90.1 Å². The predicted molar refractivity (Wildman–Crippen MR) is 61.6 cm³/mol. The van der Waals surface area contributed by atoms with Crippen molar-refractivity contribution in [3.05, 3.63) is 23.4 Å². The zero-order valence-electron chi connectivity index (χ0n) is 9.03. The van der Waals surface area contributed by atoms with E-state index in [1.807, 2.05) is 13.0 Å². The first kappa shape index (κ1) is 10.4. The Morgan fingerprint density at radius 1 is 1.47 bits per heavy atom. The summed E-state index contributed by atoms with van der Waals surface area (Å²) in [7, 11) is 0. The van der Waals surface area contributed by atoms with Crippen molar-refractivity contribution < 1.29 is 0 Å². The van der Waals surface area contributed by atoms with E-state index in [9.17, 15) is 0 Å². The normalized spacial score (nSPS) is 26.5. The molecular weight excluding hydrogens is 188 g/mol. The zero-order valence-corrected chi connectivity index (χ0v) is 9.03. The third-order valence-corrected chi connectivity index (χ3v) is 2.95. The Morgan fingerprint density at radius 3 is 2.93 bits per heavy atom. The lowest BCUT2D eigenvalue weighted by molar-refractivity contribution is 0.403. The van der Waals surface area contributed by atoms with Gasteiger partial charge in [0.25, 0.3) is 0 Å². The van der Waals surface area contributed by atoms with Crippen molar-refractivity contribution in [2.24, 2.45) is 5.73 Å². The van der Waals surface area contributed by atoms with Crippen LogP contribution in [-0.4, -0.2) is 24.1 Å². The second-order valence-corrected chi connectivity index (χ2v) is 4.23. The Bertz CT molecular complexity index is 330. The number of nitrogens with zero attached hydrogens (tertiary/aromatic N) is 1. The lowest BCUT2D eigenvalue weighted by atomic mass is 9.86. The summed E-state index contributed by atoms with van der Waals surface area (Å²) in [5, 5.41) is 3.29. The number of hydrogen-bond donors (Lipinski definition) is 3. The van der Waals surface area contributed by atoms with Gasteiger partial charge in [-0.1, -0.05) is 0 Å². The van der Waals surface area contributed by atoms with Crippen LogP contribution in [0.15, 0.2) is 12.1 Å². The van der Waals surface area contributed by atoms with Gasteiger partial charge in [0.15, 0.2) is 0 Å². The lowest BCUT2D eigenvalue weighted by Gasteiger charge is -2.29. The molecule has 0 spiro atoms. The van der Waals surface area contributed by atoms with Crippen molar-refractivity contribution in [3.63, 3.8) is 0 Å². The van der Waals surface area contributed by atoms with E-state index in [-0.39, 0.29) is 6.04 Å². The molecule has 2 rings (SSSR count). The number of nitrogens with one attached hydrogen (secondary N) is 1.